The first-order chi connectivity index (χ1) is 13.8. The van der Waals surface area contributed by atoms with Gasteiger partial charge >= 0.3 is 5.97 Å². The van der Waals surface area contributed by atoms with Crippen molar-refractivity contribution in [3.05, 3.63) is 60.8 Å². The van der Waals surface area contributed by atoms with Crippen LogP contribution in [0.4, 0.5) is 0 Å². The van der Waals surface area contributed by atoms with Crippen molar-refractivity contribution < 1.29 is 9.53 Å². The molecule has 0 N–H and O–H groups in total. The number of rotatable bonds is 18. The summed E-state index contributed by atoms with van der Waals surface area (Å²) in [7, 11) is 0. The summed E-state index contributed by atoms with van der Waals surface area (Å²) in [6, 6.07) is 0. The van der Waals surface area contributed by atoms with Crippen LogP contribution in [-0.4, -0.2) is 12.6 Å². The van der Waals surface area contributed by atoms with E-state index in [4.69, 9.17) is 4.74 Å². The molecule has 28 heavy (non-hydrogen) atoms. The number of carbonyl (C=O) groups is 1. The first kappa shape index (κ1) is 26.2. The second-order valence-corrected chi connectivity index (χ2v) is 6.82. The van der Waals surface area contributed by atoms with Gasteiger partial charge in [0.15, 0.2) is 0 Å². The molecule has 0 aromatic carbocycles. The lowest BCUT2D eigenvalue weighted by molar-refractivity contribution is -0.143. The van der Waals surface area contributed by atoms with Crippen LogP contribution < -0.4 is 0 Å². The van der Waals surface area contributed by atoms with E-state index in [1.807, 2.05) is 6.92 Å². The fraction of sp³-hybridized carbons (Fsp3) is 0.577. The van der Waals surface area contributed by atoms with E-state index in [1.54, 1.807) is 0 Å². The van der Waals surface area contributed by atoms with Crippen LogP contribution in [0.2, 0.25) is 0 Å². The Balaban J connectivity index is 3.39. The first-order valence-electron chi connectivity index (χ1n) is 11.2. The smallest absolute Gasteiger partial charge is 0.305 e. The lowest BCUT2D eigenvalue weighted by Gasteiger charge is -2.01. The van der Waals surface area contributed by atoms with Crippen LogP contribution in [0.15, 0.2) is 60.8 Å². The minimum Gasteiger partial charge on any atom is -0.466 e. The predicted molar refractivity (Wildman–Crippen MR) is 123 cm³/mol. The molecular weight excluding hydrogens is 344 g/mol. The zero-order chi connectivity index (χ0) is 20.5. The normalized spacial score (nSPS) is 12.5. The van der Waals surface area contributed by atoms with Gasteiger partial charge in [-0.3, -0.25) is 4.79 Å². The van der Waals surface area contributed by atoms with Crippen LogP contribution in [-0.2, 0) is 9.53 Å². The standard InChI is InChI=1S/C26H42O2/c1-3-5-6-7-8-9-10-11-12-13-14-15-16-17-18-19-20-21-22-23-24-25-26(27)28-4-2/h5-6,8-9,11-12,14-15,17-18H,3-4,7,10,13,16,19-25H2,1-2H3. The number of unbranched alkanes of at least 4 members (excludes halogenated alkanes) is 5. The summed E-state index contributed by atoms with van der Waals surface area (Å²) in [6.07, 6.45) is 35.1. The first-order valence-corrected chi connectivity index (χ1v) is 11.2. The van der Waals surface area contributed by atoms with Gasteiger partial charge in [0.05, 0.1) is 6.61 Å². The summed E-state index contributed by atoms with van der Waals surface area (Å²) in [5.41, 5.74) is 0. The summed E-state index contributed by atoms with van der Waals surface area (Å²) in [5.74, 6) is -0.0544. The van der Waals surface area contributed by atoms with Gasteiger partial charge in [0.25, 0.3) is 0 Å². The van der Waals surface area contributed by atoms with Gasteiger partial charge in [-0.2, -0.15) is 0 Å². The molecule has 0 aromatic rings. The molecule has 0 saturated carbocycles. The van der Waals surface area contributed by atoms with Crippen LogP contribution in [0.3, 0.4) is 0 Å². The van der Waals surface area contributed by atoms with Gasteiger partial charge in [0.1, 0.15) is 0 Å². The van der Waals surface area contributed by atoms with Crippen molar-refractivity contribution >= 4 is 5.97 Å². The number of hydrogen-bond acceptors (Lipinski definition) is 2. The molecule has 0 atom stereocenters. The van der Waals surface area contributed by atoms with Crippen molar-refractivity contribution in [1.82, 2.24) is 0 Å². The van der Waals surface area contributed by atoms with Gasteiger partial charge in [-0.15, -0.1) is 0 Å². The number of allylic oxidation sites excluding steroid dienone is 10. The van der Waals surface area contributed by atoms with Crippen molar-refractivity contribution in [3.8, 4) is 0 Å². The lowest BCUT2D eigenvalue weighted by Crippen LogP contribution is -2.03. The van der Waals surface area contributed by atoms with Crippen molar-refractivity contribution in [3.63, 3.8) is 0 Å². The van der Waals surface area contributed by atoms with Gasteiger partial charge in [0, 0.05) is 6.42 Å². The van der Waals surface area contributed by atoms with Gasteiger partial charge in [-0.25, -0.2) is 0 Å². The van der Waals surface area contributed by atoms with E-state index in [1.165, 1.54) is 19.3 Å². The third-order valence-corrected chi connectivity index (χ3v) is 4.21. The third kappa shape index (κ3) is 22.2. The van der Waals surface area contributed by atoms with Gasteiger partial charge < -0.3 is 4.74 Å². The topological polar surface area (TPSA) is 26.3 Å². The van der Waals surface area contributed by atoms with E-state index in [9.17, 15) is 4.79 Å². The van der Waals surface area contributed by atoms with Crippen LogP contribution in [0.25, 0.3) is 0 Å². The highest BCUT2D eigenvalue weighted by molar-refractivity contribution is 5.69. The monoisotopic (exact) mass is 386 g/mol. The number of ether oxygens (including phenoxy) is 1. The summed E-state index contributed by atoms with van der Waals surface area (Å²) >= 11 is 0. The van der Waals surface area contributed by atoms with E-state index in [0.29, 0.717) is 13.0 Å². The van der Waals surface area contributed by atoms with E-state index < -0.39 is 0 Å². The lowest BCUT2D eigenvalue weighted by atomic mass is 10.1. The molecular formula is C26H42O2. The third-order valence-electron chi connectivity index (χ3n) is 4.21. The molecule has 0 bridgehead atoms. The Morgan fingerprint density at radius 3 is 1.61 bits per heavy atom. The Hall–Kier alpha value is -1.83. The highest BCUT2D eigenvalue weighted by Crippen LogP contribution is 2.08. The van der Waals surface area contributed by atoms with Crippen LogP contribution in [0.1, 0.15) is 90.9 Å². The second kappa shape index (κ2) is 23.2. The average Bonchev–Trinajstić information content (AvgIpc) is 2.69. The van der Waals surface area contributed by atoms with E-state index in [-0.39, 0.29) is 5.97 Å². The second-order valence-electron chi connectivity index (χ2n) is 6.82. The summed E-state index contributed by atoms with van der Waals surface area (Å²) in [5, 5.41) is 0. The zero-order valence-electron chi connectivity index (χ0n) is 18.3. The molecule has 0 aliphatic heterocycles. The molecule has 2 nitrogen and oxygen atoms in total. The fourth-order valence-electron chi connectivity index (χ4n) is 2.66. The fourth-order valence-corrected chi connectivity index (χ4v) is 2.66. The molecule has 158 valence electrons. The minimum absolute atomic E-state index is 0.0544. The highest BCUT2D eigenvalue weighted by Gasteiger charge is 2.00. The zero-order valence-corrected chi connectivity index (χ0v) is 18.3. The van der Waals surface area contributed by atoms with Gasteiger partial charge in [0.2, 0.25) is 0 Å². The van der Waals surface area contributed by atoms with Crippen molar-refractivity contribution in [2.24, 2.45) is 0 Å². The van der Waals surface area contributed by atoms with Crippen LogP contribution >= 0.6 is 0 Å². The molecule has 0 aliphatic rings. The number of hydrogen-bond donors (Lipinski definition) is 0. The van der Waals surface area contributed by atoms with Crippen molar-refractivity contribution in [2.75, 3.05) is 6.61 Å². The van der Waals surface area contributed by atoms with Crippen molar-refractivity contribution in [1.29, 1.82) is 0 Å². The molecule has 0 spiro atoms. The molecule has 0 aliphatic carbocycles. The Kier molecular flexibility index (Phi) is 21.7. The molecule has 0 fully saturated rings. The molecule has 0 unspecified atom stereocenters. The minimum atomic E-state index is -0.0544. The maximum atomic E-state index is 11.2. The van der Waals surface area contributed by atoms with Gasteiger partial charge in [-0.1, -0.05) is 86.9 Å². The number of esters is 1. The molecule has 0 heterocycles. The molecule has 0 saturated heterocycles. The van der Waals surface area contributed by atoms with E-state index in [2.05, 4.69) is 67.7 Å². The molecule has 2 heteroatoms. The Morgan fingerprint density at radius 2 is 1.07 bits per heavy atom. The maximum absolute atomic E-state index is 11.2. The molecule has 0 amide bonds. The largest absolute Gasteiger partial charge is 0.466 e. The average molecular weight is 387 g/mol. The molecule has 0 radical (unpaired) electrons. The summed E-state index contributed by atoms with van der Waals surface area (Å²) < 4.78 is 4.92. The Labute approximate surface area is 174 Å². The van der Waals surface area contributed by atoms with Crippen LogP contribution in [0, 0.1) is 0 Å². The Morgan fingerprint density at radius 1 is 0.607 bits per heavy atom. The summed E-state index contributed by atoms with van der Waals surface area (Å²) in [4.78, 5) is 11.2. The molecule has 0 aromatic heterocycles. The van der Waals surface area contributed by atoms with Crippen molar-refractivity contribution in [2.45, 2.75) is 90.9 Å². The predicted octanol–water partition coefficient (Wildman–Crippen LogP) is 8.03. The maximum Gasteiger partial charge on any atom is 0.305 e. The quantitative estimate of drug-likeness (QED) is 0.135. The Bertz CT molecular complexity index is 481. The van der Waals surface area contributed by atoms with Crippen LogP contribution in [0.5, 0.6) is 0 Å². The van der Waals surface area contributed by atoms with Gasteiger partial charge in [-0.05, 0) is 58.3 Å². The SMILES string of the molecule is CCC=CCC=CCC=CCC=CCC=CCCCCCCCC(=O)OCC. The molecule has 0 rings (SSSR count). The van der Waals surface area contributed by atoms with E-state index >= 15 is 0 Å². The summed E-state index contributed by atoms with van der Waals surface area (Å²) in [6.45, 7) is 4.51. The highest BCUT2D eigenvalue weighted by atomic mass is 16.5. The number of carbonyl (C=O) groups excluding carboxylic acids is 1. The van der Waals surface area contributed by atoms with E-state index in [0.717, 1.165) is 51.4 Å².